The number of carbonyl (C=O) groups is 2. The predicted molar refractivity (Wildman–Crippen MR) is 83.7 cm³/mol. The molecule has 2 aromatic carbocycles. The Morgan fingerprint density at radius 3 is 2.59 bits per heavy atom. The number of methoxy groups -OCH3 is 1. The van der Waals surface area contributed by atoms with Crippen molar-refractivity contribution < 1.29 is 14.3 Å². The summed E-state index contributed by atoms with van der Waals surface area (Å²) in [5, 5.41) is 0. The van der Waals surface area contributed by atoms with E-state index in [2.05, 4.69) is 0 Å². The molecule has 0 radical (unpaired) electrons. The van der Waals surface area contributed by atoms with Crippen LogP contribution >= 0.6 is 0 Å². The van der Waals surface area contributed by atoms with E-state index < -0.39 is 0 Å². The SMILES string of the molecule is COc1cccc(CC2CC(=O)N(c3ccccc3)C2=O)c1. The van der Waals surface area contributed by atoms with Gasteiger partial charge in [0, 0.05) is 6.42 Å². The zero-order valence-electron chi connectivity index (χ0n) is 12.4. The van der Waals surface area contributed by atoms with Gasteiger partial charge >= 0.3 is 0 Å². The molecule has 1 unspecified atom stereocenters. The molecule has 4 heteroatoms. The van der Waals surface area contributed by atoms with Crippen molar-refractivity contribution in [2.45, 2.75) is 12.8 Å². The van der Waals surface area contributed by atoms with E-state index in [0.29, 0.717) is 12.1 Å². The molecule has 1 atom stereocenters. The van der Waals surface area contributed by atoms with Crippen molar-refractivity contribution in [3.05, 3.63) is 60.2 Å². The number of para-hydroxylation sites is 1. The van der Waals surface area contributed by atoms with Gasteiger partial charge in [0.1, 0.15) is 5.75 Å². The number of hydrogen-bond acceptors (Lipinski definition) is 3. The largest absolute Gasteiger partial charge is 0.497 e. The number of amides is 2. The highest BCUT2D eigenvalue weighted by molar-refractivity contribution is 6.20. The number of anilines is 1. The summed E-state index contributed by atoms with van der Waals surface area (Å²) >= 11 is 0. The zero-order valence-corrected chi connectivity index (χ0v) is 12.4. The third-order valence-corrected chi connectivity index (χ3v) is 3.87. The molecular formula is C18H17NO3. The van der Waals surface area contributed by atoms with Gasteiger partial charge in [-0.05, 0) is 36.2 Å². The van der Waals surface area contributed by atoms with Crippen LogP contribution in [0, 0.1) is 5.92 Å². The molecule has 0 aromatic heterocycles. The average molecular weight is 295 g/mol. The van der Waals surface area contributed by atoms with Crippen LogP contribution in [0.25, 0.3) is 0 Å². The summed E-state index contributed by atoms with van der Waals surface area (Å²) in [5.74, 6) is 0.192. The Hall–Kier alpha value is -2.62. The van der Waals surface area contributed by atoms with E-state index in [1.807, 2.05) is 42.5 Å². The standard InChI is InChI=1S/C18H17NO3/c1-22-16-9-5-6-13(11-16)10-14-12-17(20)19(18(14)21)15-7-3-2-4-8-15/h2-9,11,14H,10,12H2,1H3. The highest BCUT2D eigenvalue weighted by Gasteiger charge is 2.39. The monoisotopic (exact) mass is 295 g/mol. The van der Waals surface area contributed by atoms with Crippen LogP contribution in [0.15, 0.2) is 54.6 Å². The summed E-state index contributed by atoms with van der Waals surface area (Å²) in [7, 11) is 1.61. The molecule has 2 aromatic rings. The summed E-state index contributed by atoms with van der Waals surface area (Å²) in [6.07, 6.45) is 0.802. The first-order chi connectivity index (χ1) is 10.7. The lowest BCUT2D eigenvalue weighted by Gasteiger charge is -2.15. The number of rotatable bonds is 4. The lowest BCUT2D eigenvalue weighted by Crippen LogP contribution is -2.30. The summed E-state index contributed by atoms with van der Waals surface area (Å²) in [4.78, 5) is 26.0. The molecule has 3 rings (SSSR count). The fraction of sp³-hybridized carbons (Fsp3) is 0.222. The van der Waals surface area contributed by atoms with Crippen LogP contribution in [0.3, 0.4) is 0 Å². The summed E-state index contributed by atoms with van der Waals surface area (Å²) in [6.45, 7) is 0. The number of carbonyl (C=O) groups excluding carboxylic acids is 2. The normalized spacial score (nSPS) is 17.9. The molecule has 1 fully saturated rings. The first-order valence-electron chi connectivity index (χ1n) is 7.24. The molecule has 0 N–H and O–H groups in total. The number of benzene rings is 2. The van der Waals surface area contributed by atoms with Gasteiger partial charge in [-0.15, -0.1) is 0 Å². The van der Waals surface area contributed by atoms with E-state index in [9.17, 15) is 9.59 Å². The molecule has 0 spiro atoms. The zero-order chi connectivity index (χ0) is 15.5. The molecule has 112 valence electrons. The van der Waals surface area contributed by atoms with Crippen LogP contribution in [0.5, 0.6) is 5.75 Å². The fourth-order valence-electron chi connectivity index (χ4n) is 2.79. The van der Waals surface area contributed by atoms with Crippen LogP contribution in [0.4, 0.5) is 5.69 Å². The van der Waals surface area contributed by atoms with Gasteiger partial charge in [-0.3, -0.25) is 14.5 Å². The summed E-state index contributed by atoms with van der Waals surface area (Å²) in [6, 6.07) is 16.7. The first-order valence-corrected chi connectivity index (χ1v) is 7.24. The number of nitrogens with zero attached hydrogens (tertiary/aromatic N) is 1. The van der Waals surface area contributed by atoms with Gasteiger partial charge < -0.3 is 4.74 Å². The van der Waals surface area contributed by atoms with Crippen LogP contribution in [-0.4, -0.2) is 18.9 Å². The Bertz CT molecular complexity index is 696. The molecule has 4 nitrogen and oxygen atoms in total. The lowest BCUT2D eigenvalue weighted by atomic mass is 9.98. The van der Waals surface area contributed by atoms with Gasteiger partial charge in [0.15, 0.2) is 0 Å². The Balaban J connectivity index is 1.79. The van der Waals surface area contributed by atoms with Gasteiger partial charge in [0.2, 0.25) is 11.8 Å². The van der Waals surface area contributed by atoms with Crippen molar-refractivity contribution in [3.63, 3.8) is 0 Å². The minimum Gasteiger partial charge on any atom is -0.497 e. The van der Waals surface area contributed by atoms with E-state index >= 15 is 0 Å². The van der Waals surface area contributed by atoms with Crippen molar-refractivity contribution in [1.29, 1.82) is 0 Å². The Kier molecular flexibility index (Phi) is 3.92. The second kappa shape index (κ2) is 6.02. The quantitative estimate of drug-likeness (QED) is 0.815. The van der Waals surface area contributed by atoms with Crippen LogP contribution in [0.2, 0.25) is 0 Å². The predicted octanol–water partition coefficient (Wildman–Crippen LogP) is 2.82. The van der Waals surface area contributed by atoms with Crippen molar-refractivity contribution in [2.75, 3.05) is 12.0 Å². The average Bonchev–Trinajstić information content (AvgIpc) is 2.82. The molecule has 1 aliphatic heterocycles. The number of imide groups is 1. The molecule has 2 amide bonds. The Labute approximate surface area is 129 Å². The summed E-state index contributed by atoms with van der Waals surface area (Å²) in [5.41, 5.74) is 1.64. The lowest BCUT2D eigenvalue weighted by molar-refractivity contribution is -0.122. The van der Waals surface area contributed by atoms with E-state index in [-0.39, 0.29) is 24.2 Å². The van der Waals surface area contributed by atoms with Crippen LogP contribution in [-0.2, 0) is 16.0 Å². The van der Waals surface area contributed by atoms with Crippen molar-refractivity contribution in [1.82, 2.24) is 0 Å². The van der Waals surface area contributed by atoms with Gasteiger partial charge in [-0.25, -0.2) is 0 Å². The third-order valence-electron chi connectivity index (χ3n) is 3.87. The Morgan fingerprint density at radius 2 is 1.86 bits per heavy atom. The smallest absolute Gasteiger partial charge is 0.237 e. The van der Waals surface area contributed by atoms with Crippen molar-refractivity contribution in [2.24, 2.45) is 5.92 Å². The fourth-order valence-corrected chi connectivity index (χ4v) is 2.79. The third kappa shape index (κ3) is 2.72. The molecule has 1 aliphatic rings. The molecular weight excluding hydrogens is 278 g/mol. The molecule has 0 bridgehead atoms. The highest BCUT2D eigenvalue weighted by atomic mass is 16.5. The van der Waals surface area contributed by atoms with Gasteiger partial charge in [0.05, 0.1) is 18.7 Å². The van der Waals surface area contributed by atoms with Crippen LogP contribution < -0.4 is 9.64 Å². The molecule has 0 aliphatic carbocycles. The summed E-state index contributed by atoms with van der Waals surface area (Å²) < 4.78 is 5.20. The van der Waals surface area contributed by atoms with Crippen LogP contribution in [0.1, 0.15) is 12.0 Å². The topological polar surface area (TPSA) is 46.6 Å². The number of hydrogen-bond donors (Lipinski definition) is 0. The minimum atomic E-state index is -0.306. The second-order valence-electron chi connectivity index (χ2n) is 5.36. The van der Waals surface area contributed by atoms with E-state index in [0.717, 1.165) is 11.3 Å². The highest BCUT2D eigenvalue weighted by Crippen LogP contribution is 2.29. The maximum atomic E-state index is 12.5. The van der Waals surface area contributed by atoms with Gasteiger partial charge in [-0.1, -0.05) is 30.3 Å². The van der Waals surface area contributed by atoms with E-state index in [4.69, 9.17) is 4.74 Å². The molecule has 0 saturated carbocycles. The molecule has 1 saturated heterocycles. The van der Waals surface area contributed by atoms with E-state index in [1.54, 1.807) is 19.2 Å². The van der Waals surface area contributed by atoms with E-state index in [1.165, 1.54) is 4.90 Å². The van der Waals surface area contributed by atoms with Crippen molar-refractivity contribution >= 4 is 17.5 Å². The van der Waals surface area contributed by atoms with Gasteiger partial charge in [-0.2, -0.15) is 0 Å². The minimum absolute atomic E-state index is 0.126. The maximum Gasteiger partial charge on any atom is 0.237 e. The molecule has 1 heterocycles. The molecule has 22 heavy (non-hydrogen) atoms. The van der Waals surface area contributed by atoms with Gasteiger partial charge in [0.25, 0.3) is 0 Å². The number of ether oxygens (including phenoxy) is 1. The maximum absolute atomic E-state index is 12.5. The Morgan fingerprint density at radius 1 is 1.09 bits per heavy atom. The van der Waals surface area contributed by atoms with Crippen molar-refractivity contribution in [3.8, 4) is 5.75 Å². The second-order valence-corrected chi connectivity index (χ2v) is 5.36. The first kappa shape index (κ1) is 14.3.